The van der Waals surface area contributed by atoms with Crippen LogP contribution in [0.4, 0.5) is 0 Å². The van der Waals surface area contributed by atoms with Crippen molar-refractivity contribution in [2.45, 2.75) is 13.1 Å². The first-order valence-corrected chi connectivity index (χ1v) is 9.99. The second kappa shape index (κ2) is 8.61. The molecule has 0 saturated heterocycles. The molecule has 2 aromatic carbocycles. The molecule has 0 aliphatic heterocycles. The number of pyridine rings is 1. The molecule has 2 heterocycles. The fourth-order valence-corrected chi connectivity index (χ4v) is 3.59. The van der Waals surface area contributed by atoms with Gasteiger partial charge in [0.25, 0.3) is 11.5 Å². The summed E-state index contributed by atoms with van der Waals surface area (Å²) in [5, 5.41) is 3.91. The highest BCUT2D eigenvalue weighted by Crippen LogP contribution is 2.13. The van der Waals surface area contributed by atoms with E-state index < -0.39 is 0 Å². The molecule has 6 nitrogen and oxygen atoms in total. The van der Waals surface area contributed by atoms with E-state index in [4.69, 9.17) is 23.8 Å². The van der Waals surface area contributed by atoms with Gasteiger partial charge in [0.2, 0.25) is 0 Å². The Morgan fingerprint density at radius 1 is 1.13 bits per heavy atom. The number of aromatic nitrogens is 3. The molecule has 0 fully saturated rings. The summed E-state index contributed by atoms with van der Waals surface area (Å²) in [6.07, 6.45) is 1.67. The van der Waals surface area contributed by atoms with E-state index in [9.17, 15) is 9.59 Å². The summed E-state index contributed by atoms with van der Waals surface area (Å²) in [6.45, 7) is 0.617. The topological polar surface area (TPSA) is 79.8 Å². The highest BCUT2D eigenvalue weighted by molar-refractivity contribution is 7.71. The number of H-pyrrole nitrogens is 1. The lowest BCUT2D eigenvalue weighted by molar-refractivity contribution is 0.0951. The second-order valence-corrected chi connectivity index (χ2v) is 7.54. The minimum absolute atomic E-state index is 0.231. The number of carbonyl (C=O) groups excluding carboxylic acids is 1. The average molecular weight is 437 g/mol. The average Bonchev–Trinajstić information content (AvgIpc) is 2.75. The van der Waals surface area contributed by atoms with Crippen LogP contribution in [-0.4, -0.2) is 20.4 Å². The van der Waals surface area contributed by atoms with Gasteiger partial charge in [-0.15, -0.1) is 0 Å². The molecule has 8 heteroatoms. The summed E-state index contributed by atoms with van der Waals surface area (Å²) in [7, 11) is 0. The van der Waals surface area contributed by atoms with Crippen molar-refractivity contribution >= 4 is 40.6 Å². The number of carbonyl (C=O) groups is 1. The Balaban J connectivity index is 1.60. The molecule has 0 atom stereocenters. The van der Waals surface area contributed by atoms with Crippen molar-refractivity contribution in [1.29, 1.82) is 0 Å². The van der Waals surface area contributed by atoms with Crippen molar-refractivity contribution < 1.29 is 4.79 Å². The number of hydrogen-bond donors (Lipinski definition) is 2. The zero-order valence-electron chi connectivity index (χ0n) is 15.8. The minimum Gasteiger partial charge on any atom is -0.348 e. The van der Waals surface area contributed by atoms with Crippen LogP contribution >= 0.6 is 23.8 Å². The standard InChI is InChI=1S/C22H17ClN4O2S/c23-16-5-3-4-14(10-16)12-25-20(28)15-7-8-18-19(11-15)26-22(30)27(21(18)29)13-17-6-1-2-9-24-17/h1-11H,12-13H2,(H,25,28)(H,26,30). The van der Waals surface area contributed by atoms with E-state index in [1.165, 1.54) is 4.57 Å². The van der Waals surface area contributed by atoms with Crippen LogP contribution in [-0.2, 0) is 13.1 Å². The largest absolute Gasteiger partial charge is 0.348 e. The Labute approximate surface area is 182 Å². The van der Waals surface area contributed by atoms with Gasteiger partial charge in [0.1, 0.15) is 0 Å². The number of nitrogens with one attached hydrogen (secondary N) is 2. The third-order valence-electron chi connectivity index (χ3n) is 4.63. The molecule has 4 aromatic rings. The number of halogens is 1. The summed E-state index contributed by atoms with van der Waals surface area (Å²) in [4.78, 5) is 32.8. The normalized spacial score (nSPS) is 10.8. The molecule has 0 unspecified atom stereocenters. The summed E-state index contributed by atoms with van der Waals surface area (Å²) in [6, 6.07) is 17.7. The summed E-state index contributed by atoms with van der Waals surface area (Å²) in [5.41, 5.74) is 2.34. The van der Waals surface area contributed by atoms with Crippen molar-refractivity contribution in [2.75, 3.05) is 0 Å². The lowest BCUT2D eigenvalue weighted by Crippen LogP contribution is -2.25. The minimum atomic E-state index is -0.256. The molecule has 0 saturated carbocycles. The number of fused-ring (bicyclic) bond motifs is 1. The number of aromatic amines is 1. The molecule has 30 heavy (non-hydrogen) atoms. The number of rotatable bonds is 5. The van der Waals surface area contributed by atoms with Gasteiger partial charge in [-0.1, -0.05) is 29.8 Å². The zero-order chi connectivity index (χ0) is 21.1. The van der Waals surface area contributed by atoms with Gasteiger partial charge in [0.05, 0.1) is 23.1 Å². The van der Waals surface area contributed by atoms with E-state index in [-0.39, 0.29) is 22.8 Å². The van der Waals surface area contributed by atoms with Crippen molar-refractivity contribution in [1.82, 2.24) is 19.9 Å². The first-order valence-electron chi connectivity index (χ1n) is 9.21. The van der Waals surface area contributed by atoms with Gasteiger partial charge in [-0.2, -0.15) is 0 Å². The molecule has 150 valence electrons. The number of benzene rings is 2. The van der Waals surface area contributed by atoms with E-state index in [0.29, 0.717) is 28.0 Å². The van der Waals surface area contributed by atoms with E-state index in [2.05, 4.69) is 15.3 Å². The Morgan fingerprint density at radius 2 is 2.00 bits per heavy atom. The van der Waals surface area contributed by atoms with Crippen LogP contribution in [0.15, 0.2) is 71.7 Å². The molecule has 2 N–H and O–H groups in total. The van der Waals surface area contributed by atoms with Crippen LogP contribution in [0, 0.1) is 4.77 Å². The van der Waals surface area contributed by atoms with Gasteiger partial charge in [-0.3, -0.25) is 19.1 Å². The van der Waals surface area contributed by atoms with Gasteiger partial charge < -0.3 is 10.3 Å². The van der Waals surface area contributed by atoms with Gasteiger partial charge in [-0.25, -0.2) is 0 Å². The van der Waals surface area contributed by atoms with E-state index in [1.807, 2.05) is 30.3 Å². The lowest BCUT2D eigenvalue weighted by atomic mass is 10.1. The molecule has 0 spiro atoms. The first-order chi connectivity index (χ1) is 14.5. The smallest absolute Gasteiger partial charge is 0.262 e. The fourth-order valence-electron chi connectivity index (χ4n) is 3.12. The monoisotopic (exact) mass is 436 g/mol. The van der Waals surface area contributed by atoms with Crippen LogP contribution in [0.2, 0.25) is 5.02 Å². The number of nitrogens with zero attached hydrogens (tertiary/aromatic N) is 2. The van der Waals surface area contributed by atoms with Gasteiger partial charge in [-0.05, 0) is 60.2 Å². The summed E-state index contributed by atoms with van der Waals surface area (Å²) < 4.78 is 1.73. The maximum absolute atomic E-state index is 12.9. The van der Waals surface area contributed by atoms with Gasteiger partial charge >= 0.3 is 0 Å². The third-order valence-corrected chi connectivity index (χ3v) is 5.19. The van der Waals surface area contributed by atoms with Crippen LogP contribution in [0.1, 0.15) is 21.6 Å². The van der Waals surface area contributed by atoms with Gasteiger partial charge in [0.15, 0.2) is 4.77 Å². The first kappa shape index (κ1) is 20.0. The second-order valence-electron chi connectivity index (χ2n) is 6.72. The third kappa shape index (κ3) is 4.32. The SMILES string of the molecule is O=C(NCc1cccc(Cl)c1)c1ccc2c(=O)n(Cc3ccccn3)c(=S)[nH]c2c1. The molecule has 0 bridgehead atoms. The maximum atomic E-state index is 12.9. The zero-order valence-corrected chi connectivity index (χ0v) is 17.3. The Bertz CT molecular complexity index is 1350. The van der Waals surface area contributed by atoms with Crippen molar-refractivity contribution in [2.24, 2.45) is 0 Å². The van der Waals surface area contributed by atoms with Crippen LogP contribution in [0.25, 0.3) is 10.9 Å². The fraction of sp³-hybridized carbons (Fsp3) is 0.0909. The maximum Gasteiger partial charge on any atom is 0.262 e. The lowest BCUT2D eigenvalue weighted by Gasteiger charge is -2.10. The van der Waals surface area contributed by atoms with Crippen molar-refractivity contribution in [3.05, 3.63) is 104 Å². The van der Waals surface area contributed by atoms with Crippen LogP contribution < -0.4 is 10.9 Å². The van der Waals surface area contributed by atoms with Crippen molar-refractivity contribution in [3.63, 3.8) is 0 Å². The molecule has 0 aliphatic carbocycles. The molecule has 4 rings (SSSR count). The predicted molar refractivity (Wildman–Crippen MR) is 119 cm³/mol. The Hall–Kier alpha value is -3.29. The van der Waals surface area contributed by atoms with Crippen molar-refractivity contribution in [3.8, 4) is 0 Å². The Morgan fingerprint density at radius 3 is 2.77 bits per heavy atom. The molecule has 0 aliphatic rings. The highest BCUT2D eigenvalue weighted by atomic mass is 35.5. The number of amides is 1. The van der Waals surface area contributed by atoms with Crippen LogP contribution in [0.5, 0.6) is 0 Å². The molecule has 2 aromatic heterocycles. The Kier molecular flexibility index (Phi) is 5.74. The quantitative estimate of drug-likeness (QED) is 0.462. The highest BCUT2D eigenvalue weighted by Gasteiger charge is 2.11. The van der Waals surface area contributed by atoms with E-state index in [0.717, 1.165) is 11.3 Å². The number of hydrogen-bond acceptors (Lipinski definition) is 4. The van der Waals surface area contributed by atoms with E-state index >= 15 is 0 Å². The summed E-state index contributed by atoms with van der Waals surface area (Å²) >= 11 is 11.3. The molecule has 0 radical (unpaired) electrons. The molecular formula is C22H17ClN4O2S. The van der Waals surface area contributed by atoms with E-state index in [1.54, 1.807) is 36.5 Å². The van der Waals surface area contributed by atoms with Crippen LogP contribution in [0.3, 0.4) is 0 Å². The molecule has 1 amide bonds. The predicted octanol–water partition coefficient (Wildman–Crippen LogP) is 4.09. The molecular weight excluding hydrogens is 420 g/mol. The summed E-state index contributed by atoms with van der Waals surface area (Å²) in [5.74, 6) is -0.256. The van der Waals surface area contributed by atoms with Gasteiger partial charge in [0, 0.05) is 23.3 Å².